The number of rotatable bonds is 4. The van der Waals surface area contributed by atoms with Gasteiger partial charge in [0.2, 0.25) is 0 Å². The SMILES string of the molecule is COc1sc(-c2ccccc2)cc1C(=O)O[CH2][Pb]. The average molecular weight is 454 g/mol. The minimum atomic E-state index is -0.305. The molecule has 5 heteroatoms. The molecule has 0 saturated carbocycles. The van der Waals surface area contributed by atoms with Crippen molar-refractivity contribution in [1.29, 1.82) is 0 Å². The van der Waals surface area contributed by atoms with E-state index in [2.05, 4.69) is 0 Å². The van der Waals surface area contributed by atoms with Crippen LogP contribution in [0.25, 0.3) is 10.4 Å². The van der Waals surface area contributed by atoms with Crippen LogP contribution in [0.4, 0.5) is 0 Å². The van der Waals surface area contributed by atoms with Gasteiger partial charge >= 0.3 is 126 Å². The fourth-order valence-electron chi connectivity index (χ4n) is 1.56. The number of carbonyl (C=O) groups is 1. The van der Waals surface area contributed by atoms with Gasteiger partial charge in [0.25, 0.3) is 0 Å². The van der Waals surface area contributed by atoms with E-state index in [1.165, 1.54) is 11.3 Å². The summed E-state index contributed by atoms with van der Waals surface area (Å²) in [6, 6.07) is 11.7. The molecule has 0 unspecified atom stereocenters. The van der Waals surface area contributed by atoms with Crippen LogP contribution < -0.4 is 4.74 Å². The Morgan fingerprint density at radius 1 is 1.33 bits per heavy atom. The summed E-state index contributed by atoms with van der Waals surface area (Å²) in [5, 5.41) is 0.606. The molecule has 3 radical (unpaired) electrons. The van der Waals surface area contributed by atoms with Gasteiger partial charge in [-0.25, -0.2) is 0 Å². The molecule has 1 aromatic heterocycles. The van der Waals surface area contributed by atoms with Crippen LogP contribution in [0.2, 0.25) is 0 Å². The number of methoxy groups -OCH3 is 1. The summed E-state index contributed by atoms with van der Waals surface area (Å²) in [7, 11) is 1.57. The van der Waals surface area contributed by atoms with Crippen molar-refractivity contribution in [2.24, 2.45) is 0 Å². The van der Waals surface area contributed by atoms with Gasteiger partial charge < -0.3 is 0 Å². The van der Waals surface area contributed by atoms with E-state index in [4.69, 9.17) is 9.47 Å². The summed E-state index contributed by atoms with van der Waals surface area (Å²) in [5.41, 5.74) is 1.59. The fraction of sp³-hybridized carbons (Fsp3) is 0.154. The topological polar surface area (TPSA) is 35.5 Å². The molecule has 91 valence electrons. The first-order chi connectivity index (χ1) is 8.76. The van der Waals surface area contributed by atoms with E-state index in [-0.39, 0.29) is 5.97 Å². The Bertz CT molecular complexity index is 536. The first-order valence-electron chi connectivity index (χ1n) is 5.31. The molecule has 1 aromatic carbocycles. The Morgan fingerprint density at radius 2 is 2.06 bits per heavy atom. The second kappa shape index (κ2) is 6.33. The molecule has 0 aliphatic rings. The Balaban J connectivity index is 2.38. The first-order valence-corrected chi connectivity index (χ1v) is 8.87. The van der Waals surface area contributed by atoms with Crippen molar-refractivity contribution >= 4 is 43.1 Å². The van der Waals surface area contributed by atoms with Crippen LogP contribution in [-0.2, 0) is 4.74 Å². The number of benzene rings is 1. The van der Waals surface area contributed by atoms with Crippen LogP contribution in [0.15, 0.2) is 36.4 Å². The summed E-state index contributed by atoms with van der Waals surface area (Å²) < 4.78 is 10.8. The molecule has 1 heterocycles. The summed E-state index contributed by atoms with van der Waals surface area (Å²) in [6.45, 7) is 0. The van der Waals surface area contributed by atoms with E-state index in [0.717, 1.165) is 36.2 Å². The second-order valence-electron chi connectivity index (χ2n) is 3.46. The van der Waals surface area contributed by atoms with Crippen molar-refractivity contribution < 1.29 is 14.3 Å². The Kier molecular flexibility index (Phi) is 4.76. The predicted octanol–water partition coefficient (Wildman–Crippen LogP) is 2.71. The van der Waals surface area contributed by atoms with Crippen LogP contribution in [0.3, 0.4) is 0 Å². The molecule has 2 aromatic rings. The monoisotopic (exact) mass is 455 g/mol. The zero-order chi connectivity index (χ0) is 13.0. The number of hydrogen-bond donors (Lipinski definition) is 0. The van der Waals surface area contributed by atoms with E-state index in [1.807, 2.05) is 36.4 Å². The van der Waals surface area contributed by atoms with Gasteiger partial charge in [0.05, 0.1) is 0 Å². The predicted molar refractivity (Wildman–Crippen MR) is 72.3 cm³/mol. The minimum absolute atomic E-state index is 0.305. The molecule has 0 saturated heterocycles. The van der Waals surface area contributed by atoms with Crippen LogP contribution >= 0.6 is 11.3 Å². The third-order valence-corrected chi connectivity index (χ3v) is 4.07. The molecule has 0 aliphatic carbocycles. The van der Waals surface area contributed by atoms with E-state index >= 15 is 0 Å². The third kappa shape index (κ3) is 2.92. The zero-order valence-corrected chi connectivity index (χ0v) is 14.5. The molecular formula is C13H11O3PbS. The van der Waals surface area contributed by atoms with E-state index in [9.17, 15) is 4.79 Å². The molecular weight excluding hydrogens is 443 g/mol. The normalized spacial score (nSPS) is 10.1. The fourth-order valence-corrected chi connectivity index (χ4v) is 3.03. The van der Waals surface area contributed by atoms with Crippen molar-refractivity contribution in [1.82, 2.24) is 0 Å². The Labute approximate surface area is 125 Å². The number of hydrogen-bond acceptors (Lipinski definition) is 4. The van der Waals surface area contributed by atoms with Gasteiger partial charge in [0.15, 0.2) is 0 Å². The van der Waals surface area contributed by atoms with Gasteiger partial charge in [0.1, 0.15) is 0 Å². The molecule has 0 N–H and O–H groups in total. The molecule has 0 fully saturated rings. The second-order valence-corrected chi connectivity index (χ2v) is 5.60. The average Bonchev–Trinajstić information content (AvgIpc) is 2.84. The summed E-state index contributed by atoms with van der Waals surface area (Å²) in [4.78, 5) is 12.8. The maximum absolute atomic E-state index is 11.8. The summed E-state index contributed by atoms with van der Waals surface area (Å²) in [6.07, 6.45) is 0. The van der Waals surface area contributed by atoms with Crippen LogP contribution in [-0.4, -0.2) is 43.0 Å². The quantitative estimate of drug-likeness (QED) is 0.527. The Hall–Kier alpha value is -0.888. The number of esters is 1. The standard InChI is InChI=1S/C13H11O3S.Pb/c1-15-12(14)10-8-11(17-13(10)16-2)9-6-4-3-5-7-9;/h3-8H,1H2,2H3;. The molecule has 3 nitrogen and oxygen atoms in total. The van der Waals surface area contributed by atoms with E-state index in [1.54, 1.807) is 7.11 Å². The van der Waals surface area contributed by atoms with Gasteiger partial charge in [-0.1, -0.05) is 0 Å². The molecule has 0 spiro atoms. The number of carbonyl (C=O) groups excluding carboxylic acids is 1. The number of thiophene rings is 1. The number of ether oxygens (including phenoxy) is 2. The summed E-state index contributed by atoms with van der Waals surface area (Å²) >= 11 is 2.29. The molecule has 0 atom stereocenters. The van der Waals surface area contributed by atoms with Crippen LogP contribution in [0.1, 0.15) is 10.4 Å². The van der Waals surface area contributed by atoms with Crippen LogP contribution in [0, 0.1) is 0 Å². The van der Waals surface area contributed by atoms with Gasteiger partial charge in [0, 0.05) is 0 Å². The molecule has 2 rings (SSSR count). The van der Waals surface area contributed by atoms with Crippen molar-refractivity contribution in [3.63, 3.8) is 0 Å². The third-order valence-electron chi connectivity index (χ3n) is 2.36. The van der Waals surface area contributed by atoms with Gasteiger partial charge in [-0.3, -0.25) is 0 Å². The van der Waals surface area contributed by atoms with Gasteiger partial charge in [-0.05, 0) is 0 Å². The van der Waals surface area contributed by atoms with Gasteiger partial charge in [-0.2, -0.15) is 0 Å². The maximum atomic E-state index is 11.8. The van der Waals surface area contributed by atoms with E-state index in [0.29, 0.717) is 14.8 Å². The molecule has 18 heavy (non-hydrogen) atoms. The van der Waals surface area contributed by atoms with Crippen molar-refractivity contribution in [2.45, 2.75) is 0 Å². The van der Waals surface area contributed by atoms with E-state index < -0.39 is 0 Å². The first kappa shape index (κ1) is 13.5. The van der Waals surface area contributed by atoms with Gasteiger partial charge in [-0.15, -0.1) is 0 Å². The van der Waals surface area contributed by atoms with Crippen molar-refractivity contribution in [3.8, 4) is 15.5 Å². The van der Waals surface area contributed by atoms with Crippen molar-refractivity contribution in [2.75, 3.05) is 11.3 Å². The molecule has 0 amide bonds. The van der Waals surface area contributed by atoms with Crippen LogP contribution in [0.5, 0.6) is 5.06 Å². The Morgan fingerprint density at radius 3 is 2.67 bits per heavy atom. The van der Waals surface area contributed by atoms with Crippen molar-refractivity contribution in [3.05, 3.63) is 42.0 Å². The molecule has 0 aliphatic heterocycles. The zero-order valence-electron chi connectivity index (χ0n) is 9.80. The molecule has 0 bridgehead atoms. The summed E-state index contributed by atoms with van der Waals surface area (Å²) in [5.74, 6) is -0.305.